The first-order valence-electron chi connectivity index (χ1n) is 8.00. The molecule has 1 amide bonds. The van der Waals surface area contributed by atoms with Gasteiger partial charge in [-0.25, -0.2) is 4.79 Å². The van der Waals surface area contributed by atoms with E-state index in [1.165, 1.54) is 24.2 Å². The molecule has 0 radical (unpaired) electrons. The number of carbonyl (C=O) groups is 2. The Labute approximate surface area is 129 Å². The number of rotatable bonds is 4. The number of furan rings is 1. The monoisotopic (exact) mass is 306 g/mol. The zero-order valence-corrected chi connectivity index (χ0v) is 12.7. The van der Waals surface area contributed by atoms with Crippen molar-refractivity contribution in [1.29, 1.82) is 0 Å². The van der Waals surface area contributed by atoms with Crippen molar-refractivity contribution in [1.82, 2.24) is 9.80 Å². The molecule has 22 heavy (non-hydrogen) atoms. The summed E-state index contributed by atoms with van der Waals surface area (Å²) in [5.41, 5.74) is 0. The van der Waals surface area contributed by atoms with Gasteiger partial charge in [-0.1, -0.05) is 6.42 Å². The van der Waals surface area contributed by atoms with Crippen molar-refractivity contribution in [3.05, 3.63) is 23.7 Å². The standard InChI is InChI=1S/C16H22N2O4/c19-15(18-10-4-5-13(18)16(20)21)14-7-6-12(22-14)11-17-8-2-1-3-9-17/h6-7,13H,1-5,8-11H2,(H,20,21). The molecule has 2 fully saturated rings. The number of carboxylic acid groups (broad SMARTS) is 1. The van der Waals surface area contributed by atoms with Crippen LogP contribution in [0.3, 0.4) is 0 Å². The molecule has 1 aromatic heterocycles. The fourth-order valence-corrected chi connectivity index (χ4v) is 3.32. The molecule has 3 heterocycles. The number of hydrogen-bond donors (Lipinski definition) is 1. The van der Waals surface area contributed by atoms with Gasteiger partial charge < -0.3 is 14.4 Å². The van der Waals surface area contributed by atoms with Crippen molar-refractivity contribution < 1.29 is 19.1 Å². The highest BCUT2D eigenvalue weighted by Gasteiger charge is 2.35. The molecule has 3 rings (SSSR count). The lowest BCUT2D eigenvalue weighted by Gasteiger charge is -2.25. The van der Waals surface area contributed by atoms with Crippen LogP contribution in [-0.2, 0) is 11.3 Å². The quantitative estimate of drug-likeness (QED) is 0.920. The number of aliphatic carboxylic acids is 1. The summed E-state index contributed by atoms with van der Waals surface area (Å²) in [7, 11) is 0. The lowest BCUT2D eigenvalue weighted by molar-refractivity contribution is -0.141. The molecule has 2 aliphatic rings. The SMILES string of the molecule is O=C(O)C1CCCN1C(=O)c1ccc(CN2CCCCC2)o1. The van der Waals surface area contributed by atoms with Gasteiger partial charge in [-0.3, -0.25) is 9.69 Å². The number of amides is 1. The van der Waals surface area contributed by atoms with Crippen LogP contribution in [0.4, 0.5) is 0 Å². The third-order valence-corrected chi connectivity index (χ3v) is 4.50. The van der Waals surface area contributed by atoms with Gasteiger partial charge in [0.2, 0.25) is 0 Å². The predicted molar refractivity (Wildman–Crippen MR) is 79.5 cm³/mol. The van der Waals surface area contributed by atoms with E-state index in [4.69, 9.17) is 9.52 Å². The lowest BCUT2D eigenvalue weighted by Crippen LogP contribution is -2.40. The summed E-state index contributed by atoms with van der Waals surface area (Å²) in [5.74, 6) is -0.225. The summed E-state index contributed by atoms with van der Waals surface area (Å²) in [6.45, 7) is 3.34. The van der Waals surface area contributed by atoms with Gasteiger partial charge in [-0.15, -0.1) is 0 Å². The molecule has 0 spiro atoms. The molecule has 1 N–H and O–H groups in total. The number of carbonyl (C=O) groups excluding carboxylic acids is 1. The van der Waals surface area contributed by atoms with Gasteiger partial charge in [0.15, 0.2) is 5.76 Å². The first-order valence-corrected chi connectivity index (χ1v) is 8.00. The van der Waals surface area contributed by atoms with Gasteiger partial charge in [0.1, 0.15) is 11.8 Å². The molecule has 1 atom stereocenters. The molecular weight excluding hydrogens is 284 g/mol. The Morgan fingerprint density at radius 2 is 1.91 bits per heavy atom. The van der Waals surface area contributed by atoms with Crippen molar-refractivity contribution in [3.8, 4) is 0 Å². The predicted octanol–water partition coefficient (Wildman–Crippen LogP) is 1.95. The average Bonchev–Trinajstić information content (AvgIpc) is 3.16. The molecule has 6 heteroatoms. The molecular formula is C16H22N2O4. The van der Waals surface area contributed by atoms with E-state index in [2.05, 4.69) is 4.90 Å². The van der Waals surface area contributed by atoms with Crippen LogP contribution in [0, 0.1) is 0 Å². The number of likely N-dealkylation sites (tertiary alicyclic amines) is 2. The molecule has 2 saturated heterocycles. The molecule has 1 aromatic rings. The van der Waals surface area contributed by atoms with Crippen LogP contribution in [0.2, 0.25) is 0 Å². The molecule has 0 aromatic carbocycles. The van der Waals surface area contributed by atoms with Crippen LogP contribution in [0.25, 0.3) is 0 Å². The minimum absolute atomic E-state index is 0.250. The van der Waals surface area contributed by atoms with Crippen LogP contribution < -0.4 is 0 Å². The highest BCUT2D eigenvalue weighted by Crippen LogP contribution is 2.22. The fraction of sp³-hybridized carbons (Fsp3) is 0.625. The summed E-state index contributed by atoms with van der Waals surface area (Å²) in [5, 5.41) is 9.17. The fourth-order valence-electron chi connectivity index (χ4n) is 3.32. The maximum absolute atomic E-state index is 12.4. The Bertz CT molecular complexity index is 548. The maximum Gasteiger partial charge on any atom is 0.326 e. The van der Waals surface area contributed by atoms with Gasteiger partial charge >= 0.3 is 5.97 Å². The van der Waals surface area contributed by atoms with Crippen LogP contribution in [0.5, 0.6) is 0 Å². The summed E-state index contributed by atoms with van der Waals surface area (Å²) in [4.78, 5) is 27.3. The second kappa shape index (κ2) is 6.52. The van der Waals surface area contributed by atoms with E-state index >= 15 is 0 Å². The highest BCUT2D eigenvalue weighted by atomic mass is 16.4. The highest BCUT2D eigenvalue weighted by molar-refractivity contribution is 5.94. The second-order valence-corrected chi connectivity index (χ2v) is 6.10. The summed E-state index contributed by atoms with van der Waals surface area (Å²) in [6.07, 6.45) is 4.94. The molecule has 6 nitrogen and oxygen atoms in total. The van der Waals surface area contributed by atoms with Crippen LogP contribution >= 0.6 is 0 Å². The Morgan fingerprint density at radius 3 is 2.64 bits per heavy atom. The van der Waals surface area contributed by atoms with Crippen molar-refractivity contribution in [2.45, 2.75) is 44.7 Å². The number of piperidine rings is 1. The van der Waals surface area contributed by atoms with E-state index in [1.54, 1.807) is 6.07 Å². The molecule has 0 bridgehead atoms. The molecule has 120 valence electrons. The van der Waals surface area contributed by atoms with Crippen molar-refractivity contribution >= 4 is 11.9 Å². The summed E-state index contributed by atoms with van der Waals surface area (Å²) in [6, 6.07) is 2.77. The van der Waals surface area contributed by atoms with Gasteiger partial charge in [0, 0.05) is 6.54 Å². The van der Waals surface area contributed by atoms with Crippen LogP contribution in [-0.4, -0.2) is 52.5 Å². The van der Waals surface area contributed by atoms with E-state index in [0.717, 1.165) is 31.8 Å². The normalized spacial score (nSPS) is 22.9. The first-order chi connectivity index (χ1) is 10.6. The van der Waals surface area contributed by atoms with E-state index in [9.17, 15) is 9.59 Å². The Kier molecular flexibility index (Phi) is 4.47. The number of nitrogens with zero attached hydrogens (tertiary/aromatic N) is 2. The van der Waals surface area contributed by atoms with E-state index in [0.29, 0.717) is 13.0 Å². The molecule has 2 aliphatic heterocycles. The maximum atomic E-state index is 12.4. The zero-order valence-electron chi connectivity index (χ0n) is 12.7. The third kappa shape index (κ3) is 3.16. The number of hydrogen-bond acceptors (Lipinski definition) is 4. The minimum Gasteiger partial charge on any atom is -0.480 e. The smallest absolute Gasteiger partial charge is 0.326 e. The Morgan fingerprint density at radius 1 is 1.14 bits per heavy atom. The van der Waals surface area contributed by atoms with E-state index in [1.807, 2.05) is 6.07 Å². The van der Waals surface area contributed by atoms with Crippen molar-refractivity contribution in [2.24, 2.45) is 0 Å². The van der Waals surface area contributed by atoms with Gasteiger partial charge in [-0.2, -0.15) is 0 Å². The minimum atomic E-state index is -0.939. The van der Waals surface area contributed by atoms with Gasteiger partial charge in [0.25, 0.3) is 5.91 Å². The molecule has 0 aliphatic carbocycles. The number of carboxylic acids is 1. The van der Waals surface area contributed by atoms with Gasteiger partial charge in [-0.05, 0) is 50.9 Å². The zero-order chi connectivity index (χ0) is 15.5. The Hall–Kier alpha value is -1.82. The lowest BCUT2D eigenvalue weighted by atomic mass is 10.1. The van der Waals surface area contributed by atoms with Crippen LogP contribution in [0.1, 0.15) is 48.4 Å². The second-order valence-electron chi connectivity index (χ2n) is 6.10. The van der Waals surface area contributed by atoms with E-state index < -0.39 is 12.0 Å². The topological polar surface area (TPSA) is 74.0 Å². The molecule has 1 unspecified atom stereocenters. The van der Waals surface area contributed by atoms with Crippen molar-refractivity contribution in [3.63, 3.8) is 0 Å². The van der Waals surface area contributed by atoms with Gasteiger partial charge in [0.05, 0.1) is 6.54 Å². The van der Waals surface area contributed by atoms with Crippen molar-refractivity contribution in [2.75, 3.05) is 19.6 Å². The average molecular weight is 306 g/mol. The summed E-state index contributed by atoms with van der Waals surface area (Å²) < 4.78 is 5.66. The third-order valence-electron chi connectivity index (χ3n) is 4.50. The van der Waals surface area contributed by atoms with Crippen LogP contribution in [0.15, 0.2) is 16.5 Å². The first kappa shape index (κ1) is 15.1. The Balaban J connectivity index is 1.65. The largest absolute Gasteiger partial charge is 0.480 e. The summed E-state index contributed by atoms with van der Waals surface area (Å²) >= 11 is 0. The van der Waals surface area contributed by atoms with E-state index in [-0.39, 0.29) is 11.7 Å². The molecule has 0 saturated carbocycles.